The molecule has 0 amide bonds. The molecule has 0 spiro atoms. The fraction of sp³-hybridized carbons (Fsp3) is 0.912. The number of hydrogen-bond acceptors (Lipinski definition) is 9. The molecule has 3 atom stereocenters. The second-order valence-electron chi connectivity index (χ2n) is 12.4. The number of carbonyl (C=O) groups excluding carboxylic acids is 2. The van der Waals surface area contributed by atoms with Crippen molar-refractivity contribution in [3.8, 4) is 0 Å². The molecule has 0 aliphatic rings. The van der Waals surface area contributed by atoms with E-state index in [4.69, 9.17) is 24.8 Å². The van der Waals surface area contributed by atoms with Crippen LogP contribution in [0.5, 0.6) is 0 Å². The van der Waals surface area contributed by atoms with Gasteiger partial charge in [-0.2, -0.15) is 0 Å². The Hall–Kier alpha value is -1.52. The number of phosphoric acid groups is 1. The Morgan fingerprint density at radius 2 is 0.957 bits per heavy atom. The first-order valence-electron chi connectivity index (χ1n) is 18.1. The van der Waals surface area contributed by atoms with Gasteiger partial charge in [0.2, 0.25) is 0 Å². The minimum Gasteiger partial charge on any atom is -0.480 e. The van der Waals surface area contributed by atoms with Crippen LogP contribution in [-0.2, 0) is 37.5 Å². The smallest absolute Gasteiger partial charge is 0.472 e. The molecule has 4 N–H and O–H groups in total. The molecule has 0 saturated heterocycles. The van der Waals surface area contributed by atoms with Gasteiger partial charge >= 0.3 is 25.7 Å². The van der Waals surface area contributed by atoms with Crippen molar-refractivity contribution in [2.45, 2.75) is 180 Å². The molecule has 0 bridgehead atoms. The van der Waals surface area contributed by atoms with Crippen LogP contribution in [0.3, 0.4) is 0 Å². The summed E-state index contributed by atoms with van der Waals surface area (Å²) in [5.74, 6) is -2.37. The molecule has 0 radical (unpaired) electrons. The quantitative estimate of drug-likeness (QED) is 0.0339. The van der Waals surface area contributed by atoms with Gasteiger partial charge in [-0.3, -0.25) is 23.4 Å². The van der Waals surface area contributed by atoms with Crippen molar-refractivity contribution in [2.24, 2.45) is 5.73 Å². The van der Waals surface area contributed by atoms with Crippen molar-refractivity contribution in [1.82, 2.24) is 0 Å². The van der Waals surface area contributed by atoms with Gasteiger partial charge in [0.05, 0.1) is 13.2 Å². The third-order valence-corrected chi connectivity index (χ3v) is 8.81. The largest absolute Gasteiger partial charge is 0.480 e. The fourth-order valence-corrected chi connectivity index (χ4v) is 5.72. The lowest BCUT2D eigenvalue weighted by Crippen LogP contribution is -2.34. The molecule has 11 nitrogen and oxygen atoms in total. The molecule has 0 aliphatic carbocycles. The standard InChI is InChI=1S/C34H66NO10P/c1-3-5-7-9-11-13-14-15-16-17-18-20-21-23-25-32(36)42-27-30(28-43-46(40,41)44-29-31(35)34(38)39)45-33(37)26-24-22-19-12-10-8-6-4-2/h30-31H,3-29,35H2,1-2H3,(H,38,39)(H,40,41)/t30-,31+/m0/s1. The summed E-state index contributed by atoms with van der Waals surface area (Å²) < 4.78 is 32.4. The highest BCUT2D eigenvalue weighted by atomic mass is 31.2. The maximum absolute atomic E-state index is 12.4. The van der Waals surface area contributed by atoms with E-state index in [-0.39, 0.29) is 19.4 Å². The van der Waals surface area contributed by atoms with Gasteiger partial charge in [-0.15, -0.1) is 0 Å². The minimum absolute atomic E-state index is 0.166. The van der Waals surface area contributed by atoms with Crippen molar-refractivity contribution in [3.63, 3.8) is 0 Å². The predicted molar refractivity (Wildman–Crippen MR) is 180 cm³/mol. The number of esters is 2. The van der Waals surface area contributed by atoms with Crippen LogP contribution in [0.15, 0.2) is 0 Å². The van der Waals surface area contributed by atoms with Crippen LogP contribution in [0.25, 0.3) is 0 Å². The lowest BCUT2D eigenvalue weighted by atomic mass is 10.0. The Balaban J connectivity index is 4.38. The lowest BCUT2D eigenvalue weighted by Gasteiger charge is -2.20. The average molecular weight is 680 g/mol. The number of ether oxygens (including phenoxy) is 2. The topological polar surface area (TPSA) is 172 Å². The van der Waals surface area contributed by atoms with Gasteiger partial charge < -0.3 is 25.2 Å². The number of rotatable bonds is 34. The van der Waals surface area contributed by atoms with Gasteiger partial charge in [0.25, 0.3) is 0 Å². The summed E-state index contributed by atoms with van der Waals surface area (Å²) in [5, 5.41) is 8.83. The summed E-state index contributed by atoms with van der Waals surface area (Å²) in [6.45, 7) is 2.75. The second kappa shape index (κ2) is 30.8. The van der Waals surface area contributed by atoms with Crippen molar-refractivity contribution in [1.29, 1.82) is 0 Å². The summed E-state index contributed by atoms with van der Waals surface area (Å²) >= 11 is 0. The lowest BCUT2D eigenvalue weighted by molar-refractivity contribution is -0.161. The number of aliphatic carboxylic acids is 1. The first kappa shape index (κ1) is 44.5. The Kier molecular flexibility index (Phi) is 29.8. The number of nitrogens with two attached hydrogens (primary N) is 1. The maximum atomic E-state index is 12.4. The van der Waals surface area contributed by atoms with Gasteiger partial charge in [0.15, 0.2) is 6.10 Å². The Labute approximate surface area is 278 Å². The van der Waals surface area contributed by atoms with E-state index in [0.717, 1.165) is 38.5 Å². The first-order valence-corrected chi connectivity index (χ1v) is 19.6. The molecule has 0 aromatic rings. The van der Waals surface area contributed by atoms with E-state index >= 15 is 0 Å². The molecule has 46 heavy (non-hydrogen) atoms. The summed E-state index contributed by atoms with van der Waals surface area (Å²) in [7, 11) is -4.69. The highest BCUT2D eigenvalue weighted by Crippen LogP contribution is 2.43. The van der Waals surface area contributed by atoms with Gasteiger partial charge in [0, 0.05) is 12.8 Å². The molecule has 0 heterocycles. The number of phosphoric ester groups is 1. The van der Waals surface area contributed by atoms with Gasteiger partial charge in [-0.1, -0.05) is 142 Å². The zero-order chi connectivity index (χ0) is 34.3. The number of carboxylic acid groups (broad SMARTS) is 1. The zero-order valence-corrected chi connectivity index (χ0v) is 29.8. The normalized spacial score (nSPS) is 14.0. The monoisotopic (exact) mass is 679 g/mol. The average Bonchev–Trinajstić information content (AvgIpc) is 3.02. The maximum Gasteiger partial charge on any atom is 0.472 e. The van der Waals surface area contributed by atoms with Crippen LogP contribution < -0.4 is 5.73 Å². The Morgan fingerprint density at radius 1 is 0.587 bits per heavy atom. The molecule has 12 heteroatoms. The molecule has 0 rings (SSSR count). The zero-order valence-electron chi connectivity index (χ0n) is 28.9. The molecule has 0 aromatic carbocycles. The van der Waals surface area contributed by atoms with E-state index in [1.54, 1.807) is 0 Å². The molecular formula is C34H66NO10P. The third kappa shape index (κ3) is 29.9. The van der Waals surface area contributed by atoms with Crippen LogP contribution in [0.4, 0.5) is 0 Å². The molecule has 272 valence electrons. The fourth-order valence-electron chi connectivity index (χ4n) is 4.95. The molecule has 0 aromatic heterocycles. The number of carboxylic acids is 1. The number of hydrogen-bond donors (Lipinski definition) is 3. The molecule has 0 aliphatic heterocycles. The molecule has 0 fully saturated rings. The Bertz CT molecular complexity index is 813. The predicted octanol–water partition coefficient (Wildman–Crippen LogP) is 8.39. The van der Waals surface area contributed by atoms with Crippen LogP contribution in [0.2, 0.25) is 0 Å². The summed E-state index contributed by atoms with van der Waals surface area (Å²) in [6.07, 6.45) is 24.8. The van der Waals surface area contributed by atoms with Crippen LogP contribution >= 0.6 is 7.82 Å². The highest BCUT2D eigenvalue weighted by molar-refractivity contribution is 7.47. The van der Waals surface area contributed by atoms with E-state index in [0.29, 0.717) is 12.8 Å². The van der Waals surface area contributed by atoms with Crippen LogP contribution in [-0.4, -0.2) is 59.9 Å². The Morgan fingerprint density at radius 3 is 1.37 bits per heavy atom. The third-order valence-electron chi connectivity index (χ3n) is 7.86. The van der Waals surface area contributed by atoms with E-state index < -0.39 is 51.1 Å². The molecule has 0 saturated carbocycles. The van der Waals surface area contributed by atoms with Crippen molar-refractivity contribution >= 4 is 25.7 Å². The van der Waals surface area contributed by atoms with E-state index in [9.17, 15) is 23.8 Å². The first-order chi connectivity index (χ1) is 22.1. The van der Waals surface area contributed by atoms with E-state index in [1.165, 1.54) is 89.9 Å². The second-order valence-corrected chi connectivity index (χ2v) is 13.8. The van der Waals surface area contributed by atoms with Gasteiger partial charge in [0.1, 0.15) is 12.6 Å². The van der Waals surface area contributed by atoms with Crippen molar-refractivity contribution in [2.75, 3.05) is 19.8 Å². The van der Waals surface area contributed by atoms with Crippen molar-refractivity contribution in [3.05, 3.63) is 0 Å². The molecule has 1 unspecified atom stereocenters. The van der Waals surface area contributed by atoms with Gasteiger partial charge in [-0.25, -0.2) is 4.57 Å². The number of unbranched alkanes of at least 4 members (excludes halogenated alkanes) is 20. The van der Waals surface area contributed by atoms with E-state index in [1.807, 2.05) is 0 Å². The van der Waals surface area contributed by atoms with Crippen molar-refractivity contribution < 1.29 is 47.5 Å². The minimum atomic E-state index is -4.69. The SMILES string of the molecule is CCCCCCCCCCCCCCCCC(=O)OC[C@@H](COP(=O)(O)OC[C@@H](N)C(=O)O)OC(=O)CCCCCCCCCC. The summed E-state index contributed by atoms with van der Waals surface area (Å²) in [5.41, 5.74) is 5.30. The summed E-state index contributed by atoms with van der Waals surface area (Å²) in [4.78, 5) is 45.5. The summed E-state index contributed by atoms with van der Waals surface area (Å²) in [6, 6.07) is -1.51. The van der Waals surface area contributed by atoms with Gasteiger partial charge in [-0.05, 0) is 12.8 Å². The number of carbonyl (C=O) groups is 3. The van der Waals surface area contributed by atoms with Crippen LogP contribution in [0, 0.1) is 0 Å². The van der Waals surface area contributed by atoms with E-state index in [2.05, 4.69) is 18.4 Å². The van der Waals surface area contributed by atoms with Crippen LogP contribution in [0.1, 0.15) is 168 Å². The molecular weight excluding hydrogens is 613 g/mol. The highest BCUT2D eigenvalue weighted by Gasteiger charge is 2.28.